The lowest BCUT2D eigenvalue weighted by Gasteiger charge is -2.17. The van der Waals surface area contributed by atoms with E-state index in [4.69, 9.17) is 0 Å². The first-order valence-corrected chi connectivity index (χ1v) is 9.75. The highest BCUT2D eigenvalue weighted by atomic mass is 32.1. The number of fused-ring (bicyclic) bond motifs is 2. The van der Waals surface area contributed by atoms with Gasteiger partial charge in [-0.1, -0.05) is 6.92 Å². The Bertz CT molecular complexity index is 1050. The molecule has 0 fully saturated rings. The Morgan fingerprint density at radius 1 is 1.38 bits per heavy atom. The molecule has 0 unspecified atom stereocenters. The zero-order valence-corrected chi connectivity index (χ0v) is 15.7. The van der Waals surface area contributed by atoms with Crippen LogP contribution in [0.4, 0.5) is 0 Å². The van der Waals surface area contributed by atoms with Crippen molar-refractivity contribution < 1.29 is 4.79 Å². The van der Waals surface area contributed by atoms with E-state index in [0.717, 1.165) is 52.5 Å². The van der Waals surface area contributed by atoms with E-state index in [1.165, 1.54) is 0 Å². The van der Waals surface area contributed by atoms with Crippen LogP contribution in [0.5, 0.6) is 0 Å². The second-order valence-electron chi connectivity index (χ2n) is 6.60. The van der Waals surface area contributed by atoms with Crippen LogP contribution in [0.15, 0.2) is 11.0 Å². The second-order valence-corrected chi connectivity index (χ2v) is 7.81. The van der Waals surface area contributed by atoms with Crippen molar-refractivity contribution in [2.75, 3.05) is 0 Å². The van der Waals surface area contributed by atoms with Crippen molar-refractivity contribution in [3.63, 3.8) is 0 Å². The number of aryl methyl sites for hydroxylation is 3. The quantitative estimate of drug-likeness (QED) is 0.735. The van der Waals surface area contributed by atoms with Crippen molar-refractivity contribution in [3.8, 4) is 0 Å². The summed E-state index contributed by atoms with van der Waals surface area (Å²) in [5.41, 5.74) is 3.70. The van der Waals surface area contributed by atoms with Crippen molar-refractivity contribution in [2.24, 2.45) is 0 Å². The lowest BCUT2D eigenvalue weighted by atomic mass is 9.93. The molecule has 0 aromatic carbocycles. The topological polar surface area (TPSA) is 92.2 Å². The molecule has 1 amide bonds. The van der Waals surface area contributed by atoms with Crippen molar-refractivity contribution in [3.05, 3.63) is 49.6 Å². The van der Waals surface area contributed by atoms with Crippen LogP contribution in [0.1, 0.15) is 57.6 Å². The number of aromatic amines is 1. The number of carbonyl (C=O) groups excluding carboxylic acids is 1. The van der Waals surface area contributed by atoms with Crippen LogP contribution in [-0.4, -0.2) is 25.5 Å². The van der Waals surface area contributed by atoms with E-state index in [1.54, 1.807) is 11.3 Å². The molecule has 0 aliphatic heterocycles. The molecule has 0 atom stereocenters. The van der Waals surface area contributed by atoms with Crippen LogP contribution in [0, 0.1) is 6.92 Å². The zero-order chi connectivity index (χ0) is 18.3. The van der Waals surface area contributed by atoms with E-state index < -0.39 is 0 Å². The minimum atomic E-state index is -0.216. The Balaban J connectivity index is 1.63. The van der Waals surface area contributed by atoms with Gasteiger partial charge in [0.1, 0.15) is 5.69 Å². The smallest absolute Gasteiger partial charge is 0.270 e. The molecule has 0 saturated carbocycles. The number of imidazole rings is 1. The predicted octanol–water partition coefficient (Wildman–Crippen LogP) is 2.16. The second kappa shape index (κ2) is 6.68. The number of amides is 1. The number of hydrogen-bond acceptors (Lipinski definition) is 5. The predicted molar refractivity (Wildman–Crippen MR) is 99.9 cm³/mol. The lowest BCUT2D eigenvalue weighted by molar-refractivity contribution is 0.0944. The highest BCUT2D eigenvalue weighted by Gasteiger charge is 2.22. The molecule has 0 spiro atoms. The third-order valence-electron chi connectivity index (χ3n) is 4.86. The fourth-order valence-corrected chi connectivity index (χ4v) is 4.43. The van der Waals surface area contributed by atoms with Crippen LogP contribution in [0.2, 0.25) is 0 Å². The molecule has 7 nitrogen and oxygen atoms in total. The SMILES string of the molecule is CCc1nc2sc(C)cn2c1C(=O)NCc1c2c(n[nH]c1=O)CCCC2. The molecular formula is C18H21N5O2S. The monoisotopic (exact) mass is 371 g/mol. The summed E-state index contributed by atoms with van der Waals surface area (Å²) in [6.45, 7) is 4.19. The summed E-state index contributed by atoms with van der Waals surface area (Å²) < 4.78 is 1.85. The Morgan fingerprint density at radius 2 is 2.19 bits per heavy atom. The molecule has 1 aliphatic carbocycles. The normalized spacial score (nSPS) is 13.8. The maximum atomic E-state index is 12.9. The zero-order valence-electron chi connectivity index (χ0n) is 14.9. The number of H-pyrrole nitrogens is 1. The number of nitrogens with zero attached hydrogens (tertiary/aromatic N) is 3. The highest BCUT2D eigenvalue weighted by Crippen LogP contribution is 2.22. The highest BCUT2D eigenvalue weighted by molar-refractivity contribution is 7.17. The molecular weight excluding hydrogens is 350 g/mol. The summed E-state index contributed by atoms with van der Waals surface area (Å²) in [7, 11) is 0. The minimum Gasteiger partial charge on any atom is -0.346 e. The van der Waals surface area contributed by atoms with Gasteiger partial charge in [-0.15, -0.1) is 11.3 Å². The summed E-state index contributed by atoms with van der Waals surface area (Å²) in [6, 6.07) is 0. The first-order chi connectivity index (χ1) is 12.6. The Kier molecular flexibility index (Phi) is 4.36. The number of nitrogens with one attached hydrogen (secondary N) is 2. The van der Waals surface area contributed by atoms with Crippen molar-refractivity contribution in [2.45, 2.75) is 52.5 Å². The largest absolute Gasteiger partial charge is 0.346 e. The third kappa shape index (κ3) is 2.84. The third-order valence-corrected chi connectivity index (χ3v) is 5.76. The van der Waals surface area contributed by atoms with Crippen LogP contribution >= 0.6 is 11.3 Å². The Morgan fingerprint density at radius 3 is 3.00 bits per heavy atom. The van der Waals surface area contributed by atoms with Crippen molar-refractivity contribution >= 4 is 22.2 Å². The summed E-state index contributed by atoms with van der Waals surface area (Å²) in [5.74, 6) is -0.201. The molecule has 8 heteroatoms. The van der Waals surface area contributed by atoms with Crippen LogP contribution in [0.25, 0.3) is 4.96 Å². The number of aromatic nitrogens is 4. The fourth-order valence-electron chi connectivity index (χ4n) is 3.59. The molecule has 2 N–H and O–H groups in total. The molecule has 0 saturated heterocycles. The molecule has 0 bridgehead atoms. The average Bonchev–Trinajstić information content (AvgIpc) is 3.15. The Hall–Kier alpha value is -2.48. The first-order valence-electron chi connectivity index (χ1n) is 8.93. The molecule has 1 aliphatic rings. The van der Waals surface area contributed by atoms with Gasteiger partial charge in [0.2, 0.25) is 0 Å². The van der Waals surface area contributed by atoms with E-state index in [9.17, 15) is 9.59 Å². The molecule has 3 heterocycles. The molecule has 0 radical (unpaired) electrons. The number of hydrogen-bond donors (Lipinski definition) is 2. The maximum absolute atomic E-state index is 12.9. The van der Waals surface area contributed by atoms with E-state index in [0.29, 0.717) is 17.7 Å². The van der Waals surface area contributed by atoms with Gasteiger partial charge in [0.05, 0.1) is 11.4 Å². The molecule has 3 aromatic heterocycles. The van der Waals surface area contributed by atoms with Crippen LogP contribution < -0.4 is 10.9 Å². The molecule has 136 valence electrons. The summed E-state index contributed by atoms with van der Waals surface area (Å²) >= 11 is 1.56. The van der Waals surface area contributed by atoms with E-state index >= 15 is 0 Å². The van der Waals surface area contributed by atoms with E-state index in [2.05, 4.69) is 20.5 Å². The summed E-state index contributed by atoms with van der Waals surface area (Å²) in [6.07, 6.45) is 6.48. The van der Waals surface area contributed by atoms with Gasteiger partial charge < -0.3 is 5.32 Å². The average molecular weight is 371 g/mol. The van der Waals surface area contributed by atoms with E-state index in [-0.39, 0.29) is 18.0 Å². The van der Waals surface area contributed by atoms with Gasteiger partial charge in [0.25, 0.3) is 11.5 Å². The van der Waals surface area contributed by atoms with Gasteiger partial charge in [-0.05, 0) is 44.6 Å². The standard InChI is InChI=1S/C18H21N5O2S/c1-3-13-15(23-9-10(2)26-18(23)20-13)17(25)19-8-12-11-6-4-5-7-14(11)21-22-16(12)24/h9H,3-8H2,1-2H3,(H,19,25)(H,22,24). The summed E-state index contributed by atoms with van der Waals surface area (Å²) in [4.78, 5) is 31.6. The lowest BCUT2D eigenvalue weighted by Crippen LogP contribution is -2.31. The van der Waals surface area contributed by atoms with Gasteiger partial charge >= 0.3 is 0 Å². The van der Waals surface area contributed by atoms with Gasteiger partial charge in [0, 0.05) is 23.2 Å². The molecule has 3 aromatic rings. The molecule has 26 heavy (non-hydrogen) atoms. The number of rotatable bonds is 4. The van der Waals surface area contributed by atoms with Gasteiger partial charge in [-0.2, -0.15) is 5.10 Å². The van der Waals surface area contributed by atoms with Crippen molar-refractivity contribution in [1.82, 2.24) is 24.9 Å². The van der Waals surface area contributed by atoms with Gasteiger partial charge in [0.15, 0.2) is 4.96 Å². The molecule has 4 rings (SSSR count). The minimum absolute atomic E-state index is 0.201. The van der Waals surface area contributed by atoms with Crippen LogP contribution in [-0.2, 0) is 25.8 Å². The van der Waals surface area contributed by atoms with Crippen LogP contribution in [0.3, 0.4) is 0 Å². The van der Waals surface area contributed by atoms with Crippen molar-refractivity contribution in [1.29, 1.82) is 0 Å². The number of carbonyl (C=O) groups is 1. The van der Waals surface area contributed by atoms with Gasteiger partial charge in [-0.3, -0.25) is 14.0 Å². The summed E-state index contributed by atoms with van der Waals surface area (Å²) in [5, 5.41) is 9.66. The number of thiazole rings is 1. The maximum Gasteiger partial charge on any atom is 0.270 e. The Labute approximate surface area is 154 Å². The van der Waals surface area contributed by atoms with Gasteiger partial charge in [-0.25, -0.2) is 10.1 Å². The fraction of sp³-hybridized carbons (Fsp3) is 0.444. The first kappa shape index (κ1) is 17.0. The van der Waals surface area contributed by atoms with E-state index in [1.807, 2.05) is 24.4 Å².